The van der Waals surface area contributed by atoms with E-state index < -0.39 is 15.9 Å². The highest BCUT2D eigenvalue weighted by molar-refractivity contribution is 7.89. The number of ketones is 1. The van der Waals surface area contributed by atoms with Crippen LogP contribution in [-0.4, -0.2) is 50.0 Å². The number of nitrogens with one attached hydrogen (secondary N) is 1. The number of Topliss-reactive ketones (excluding diaryl/α,β-unsaturated/α-hetero) is 1. The minimum Gasteiger partial charge on any atom is -0.345 e. The van der Waals surface area contributed by atoms with Crippen LogP contribution < -0.4 is 5.32 Å². The fraction of sp³-hybridized carbons (Fsp3) is 0.389. The van der Waals surface area contributed by atoms with E-state index in [1.165, 1.54) is 49.7 Å². The van der Waals surface area contributed by atoms with Crippen LogP contribution in [0.3, 0.4) is 0 Å². The number of benzene rings is 1. The first kappa shape index (κ1) is 21.2. The number of aromatic nitrogens is 1. The number of nitrogens with zero attached hydrogens (tertiary/aromatic N) is 2. The summed E-state index contributed by atoms with van der Waals surface area (Å²) in [6.07, 6.45) is 0.159. The number of rotatable bonds is 8. The number of carbonyl (C=O) groups is 2. The van der Waals surface area contributed by atoms with Crippen molar-refractivity contribution in [2.45, 2.75) is 31.1 Å². The first-order valence-electron chi connectivity index (χ1n) is 8.38. The lowest BCUT2D eigenvalue weighted by Crippen LogP contribution is -2.30. The molecule has 0 aliphatic carbocycles. The van der Waals surface area contributed by atoms with Crippen molar-refractivity contribution in [1.82, 2.24) is 14.6 Å². The standard InChI is InChI=1S/C18H23N3O4S2/c1-12(2)16-11-26-17(20-16)9-14(22)10-19-18(23)13-6-5-7-15(8-13)27(24,25)21(3)4/h5-8,11-12H,9-10H2,1-4H3,(H,19,23). The summed E-state index contributed by atoms with van der Waals surface area (Å²) in [6.45, 7) is 3.93. The summed E-state index contributed by atoms with van der Waals surface area (Å²) in [5, 5.41) is 5.19. The maximum absolute atomic E-state index is 12.3. The topological polar surface area (TPSA) is 96.4 Å². The van der Waals surface area contributed by atoms with Crippen molar-refractivity contribution in [2.75, 3.05) is 20.6 Å². The quantitative estimate of drug-likeness (QED) is 0.720. The molecule has 1 N–H and O–H groups in total. The van der Waals surface area contributed by atoms with Crippen LogP contribution in [0.4, 0.5) is 0 Å². The normalized spacial score (nSPS) is 11.8. The molecule has 27 heavy (non-hydrogen) atoms. The van der Waals surface area contributed by atoms with Gasteiger partial charge in [0.25, 0.3) is 5.91 Å². The second-order valence-corrected chi connectivity index (χ2v) is 9.63. The Bertz CT molecular complexity index is 934. The molecule has 0 fully saturated rings. The van der Waals surface area contributed by atoms with E-state index in [2.05, 4.69) is 10.3 Å². The second kappa shape index (κ2) is 8.73. The molecule has 0 aliphatic heterocycles. The predicted octanol–water partition coefficient (Wildman–Crippen LogP) is 2.06. The van der Waals surface area contributed by atoms with Crippen molar-refractivity contribution < 1.29 is 18.0 Å². The van der Waals surface area contributed by atoms with Crippen LogP contribution in [0.2, 0.25) is 0 Å². The van der Waals surface area contributed by atoms with Gasteiger partial charge >= 0.3 is 0 Å². The first-order chi connectivity index (χ1) is 12.6. The Hall–Kier alpha value is -2.10. The number of carbonyl (C=O) groups excluding carboxylic acids is 2. The van der Waals surface area contributed by atoms with E-state index in [1.807, 2.05) is 19.2 Å². The van der Waals surface area contributed by atoms with Gasteiger partial charge in [-0.2, -0.15) is 0 Å². The van der Waals surface area contributed by atoms with Gasteiger partial charge in [0.15, 0.2) is 5.78 Å². The van der Waals surface area contributed by atoms with Gasteiger partial charge in [-0.1, -0.05) is 19.9 Å². The molecule has 2 rings (SSSR count). The Labute approximate surface area is 163 Å². The van der Waals surface area contributed by atoms with Crippen LogP contribution in [0.15, 0.2) is 34.5 Å². The highest BCUT2D eigenvalue weighted by Crippen LogP contribution is 2.18. The van der Waals surface area contributed by atoms with Gasteiger partial charge < -0.3 is 5.32 Å². The average Bonchev–Trinajstić information content (AvgIpc) is 3.08. The maximum Gasteiger partial charge on any atom is 0.251 e. The van der Waals surface area contributed by atoms with E-state index in [0.717, 1.165) is 15.0 Å². The number of sulfonamides is 1. The number of thiazole rings is 1. The molecule has 0 atom stereocenters. The smallest absolute Gasteiger partial charge is 0.251 e. The Kier molecular flexibility index (Phi) is 6.85. The first-order valence-corrected chi connectivity index (χ1v) is 10.7. The van der Waals surface area contributed by atoms with E-state index in [4.69, 9.17) is 0 Å². The third-order valence-corrected chi connectivity index (χ3v) is 6.51. The molecule has 0 saturated heterocycles. The molecule has 0 spiro atoms. The zero-order chi connectivity index (χ0) is 20.2. The Morgan fingerprint density at radius 2 is 1.96 bits per heavy atom. The van der Waals surface area contributed by atoms with E-state index in [9.17, 15) is 18.0 Å². The third-order valence-electron chi connectivity index (χ3n) is 3.83. The minimum absolute atomic E-state index is 0.0236. The minimum atomic E-state index is -3.63. The molecule has 146 valence electrons. The van der Waals surface area contributed by atoms with Crippen molar-refractivity contribution in [3.8, 4) is 0 Å². The van der Waals surface area contributed by atoms with Gasteiger partial charge in [-0.3, -0.25) is 9.59 Å². The van der Waals surface area contributed by atoms with E-state index in [1.54, 1.807) is 0 Å². The van der Waals surface area contributed by atoms with Gasteiger partial charge in [0.05, 0.1) is 23.6 Å². The van der Waals surface area contributed by atoms with Crippen molar-refractivity contribution >= 4 is 33.1 Å². The van der Waals surface area contributed by atoms with E-state index in [0.29, 0.717) is 5.92 Å². The largest absolute Gasteiger partial charge is 0.345 e. The van der Waals surface area contributed by atoms with Crippen LogP contribution in [0.25, 0.3) is 0 Å². The fourth-order valence-corrected chi connectivity index (χ4v) is 4.12. The van der Waals surface area contributed by atoms with Gasteiger partial charge in [0, 0.05) is 25.0 Å². The maximum atomic E-state index is 12.3. The van der Waals surface area contributed by atoms with Crippen LogP contribution in [0.5, 0.6) is 0 Å². The molecular weight excluding hydrogens is 386 g/mol. The lowest BCUT2D eigenvalue weighted by Gasteiger charge is -2.12. The summed E-state index contributed by atoms with van der Waals surface area (Å²) in [4.78, 5) is 28.8. The molecule has 9 heteroatoms. The van der Waals surface area contributed by atoms with E-state index >= 15 is 0 Å². The molecule has 1 aromatic heterocycles. The lowest BCUT2D eigenvalue weighted by atomic mass is 10.2. The average molecular weight is 410 g/mol. The highest BCUT2D eigenvalue weighted by Gasteiger charge is 2.19. The summed E-state index contributed by atoms with van der Waals surface area (Å²) in [6, 6.07) is 5.72. The van der Waals surface area contributed by atoms with Crippen LogP contribution in [0.1, 0.15) is 40.8 Å². The molecule has 0 radical (unpaired) electrons. The summed E-state index contributed by atoms with van der Waals surface area (Å²) < 4.78 is 25.4. The molecule has 1 aromatic carbocycles. The molecule has 1 heterocycles. The van der Waals surface area contributed by atoms with Crippen LogP contribution >= 0.6 is 11.3 Å². The Morgan fingerprint density at radius 3 is 2.56 bits per heavy atom. The molecule has 2 aromatic rings. The zero-order valence-electron chi connectivity index (χ0n) is 15.7. The van der Waals surface area contributed by atoms with Crippen LogP contribution in [0, 0.1) is 0 Å². The van der Waals surface area contributed by atoms with Crippen molar-refractivity contribution in [2.24, 2.45) is 0 Å². The van der Waals surface area contributed by atoms with Gasteiger partial charge in [0.2, 0.25) is 10.0 Å². The summed E-state index contributed by atoms with van der Waals surface area (Å²) in [5.74, 6) is -0.359. The van der Waals surface area contributed by atoms with Gasteiger partial charge in [-0.25, -0.2) is 17.7 Å². The van der Waals surface area contributed by atoms with Gasteiger partial charge in [0.1, 0.15) is 5.01 Å². The zero-order valence-corrected chi connectivity index (χ0v) is 17.4. The molecule has 1 amide bonds. The van der Waals surface area contributed by atoms with Crippen molar-refractivity contribution in [1.29, 1.82) is 0 Å². The molecule has 0 bridgehead atoms. The number of hydrogen-bond donors (Lipinski definition) is 1. The van der Waals surface area contributed by atoms with E-state index in [-0.39, 0.29) is 29.2 Å². The Morgan fingerprint density at radius 1 is 1.26 bits per heavy atom. The molecule has 0 aliphatic rings. The molecular formula is C18H23N3O4S2. The summed E-state index contributed by atoms with van der Waals surface area (Å²) in [5.41, 5.74) is 1.13. The monoisotopic (exact) mass is 409 g/mol. The Balaban J connectivity index is 1.98. The van der Waals surface area contributed by atoms with Crippen molar-refractivity contribution in [3.63, 3.8) is 0 Å². The van der Waals surface area contributed by atoms with Crippen LogP contribution in [-0.2, 0) is 21.2 Å². The summed E-state index contributed by atoms with van der Waals surface area (Å²) >= 11 is 1.43. The second-order valence-electron chi connectivity index (χ2n) is 6.53. The van der Waals surface area contributed by atoms with Crippen molar-refractivity contribution in [3.05, 3.63) is 45.9 Å². The molecule has 0 saturated carbocycles. The predicted molar refractivity (Wildman–Crippen MR) is 105 cm³/mol. The lowest BCUT2D eigenvalue weighted by molar-refractivity contribution is -0.117. The third kappa shape index (κ3) is 5.44. The fourth-order valence-electron chi connectivity index (χ4n) is 2.19. The molecule has 0 unspecified atom stereocenters. The van der Waals surface area contributed by atoms with Gasteiger partial charge in [-0.05, 0) is 24.1 Å². The highest BCUT2D eigenvalue weighted by atomic mass is 32.2. The molecule has 7 nitrogen and oxygen atoms in total. The number of hydrogen-bond acceptors (Lipinski definition) is 6. The van der Waals surface area contributed by atoms with Gasteiger partial charge in [-0.15, -0.1) is 11.3 Å². The number of amides is 1. The summed E-state index contributed by atoms with van der Waals surface area (Å²) in [7, 11) is -0.789. The SMILES string of the molecule is CC(C)c1csc(CC(=O)CNC(=O)c2cccc(S(=O)(=O)N(C)C)c2)n1.